The summed E-state index contributed by atoms with van der Waals surface area (Å²) in [7, 11) is 2.78. The number of halogens is 2. The molecule has 0 aromatic heterocycles. The van der Waals surface area contributed by atoms with Gasteiger partial charge in [-0.15, -0.1) is 0 Å². The highest BCUT2D eigenvalue weighted by atomic mass is 35.5. The number of hydrogen-bond acceptors (Lipinski definition) is 5. The molecule has 8 heteroatoms. The van der Waals surface area contributed by atoms with Crippen LogP contribution in [0.15, 0.2) is 41.5 Å². The average Bonchev–Trinajstić information content (AvgIpc) is 2.61. The van der Waals surface area contributed by atoms with E-state index < -0.39 is 6.09 Å². The van der Waals surface area contributed by atoms with Gasteiger partial charge in [0.2, 0.25) is 0 Å². The predicted octanol–water partition coefficient (Wildman–Crippen LogP) is 4.27. The van der Waals surface area contributed by atoms with Gasteiger partial charge in [0.15, 0.2) is 11.5 Å². The highest BCUT2D eigenvalue weighted by Gasteiger charge is 2.09. The number of ether oxygens (including phenoxy) is 3. The van der Waals surface area contributed by atoms with Gasteiger partial charge in [-0.05, 0) is 35.9 Å². The molecule has 0 aliphatic rings. The zero-order valence-electron chi connectivity index (χ0n) is 13.6. The first-order valence-corrected chi connectivity index (χ1v) is 7.91. The molecule has 0 radical (unpaired) electrons. The number of nitrogens with one attached hydrogen (secondary N) is 1. The molecule has 0 bridgehead atoms. The summed E-state index contributed by atoms with van der Waals surface area (Å²) in [5.41, 5.74) is 3.60. The molecule has 2 rings (SSSR count). The van der Waals surface area contributed by atoms with Gasteiger partial charge in [0.05, 0.1) is 20.4 Å². The third kappa shape index (κ3) is 5.27. The minimum atomic E-state index is -0.653. The highest BCUT2D eigenvalue weighted by Crippen LogP contribution is 2.31. The van der Waals surface area contributed by atoms with Crippen molar-refractivity contribution in [2.45, 2.75) is 6.61 Å². The Morgan fingerprint density at radius 1 is 1.16 bits per heavy atom. The molecule has 0 aliphatic heterocycles. The number of hydrogen-bond donors (Lipinski definition) is 1. The summed E-state index contributed by atoms with van der Waals surface area (Å²) in [4.78, 5) is 10.9. The van der Waals surface area contributed by atoms with Crippen LogP contribution in [-0.2, 0) is 11.3 Å². The first-order chi connectivity index (χ1) is 12.0. The van der Waals surface area contributed by atoms with Crippen LogP contribution >= 0.6 is 23.2 Å². The van der Waals surface area contributed by atoms with Gasteiger partial charge in [0.1, 0.15) is 6.61 Å². The molecule has 25 heavy (non-hydrogen) atoms. The second-order valence-electron chi connectivity index (χ2n) is 4.76. The lowest BCUT2D eigenvalue weighted by atomic mass is 10.2. The maximum absolute atomic E-state index is 10.9. The van der Waals surface area contributed by atoms with Crippen molar-refractivity contribution in [3.05, 3.63) is 57.6 Å². The van der Waals surface area contributed by atoms with Crippen LogP contribution in [0.4, 0.5) is 4.79 Å². The van der Waals surface area contributed by atoms with Gasteiger partial charge in [0, 0.05) is 15.6 Å². The molecule has 0 spiro atoms. The second-order valence-corrected chi connectivity index (χ2v) is 5.58. The van der Waals surface area contributed by atoms with E-state index in [0.717, 1.165) is 0 Å². The Balaban J connectivity index is 2.10. The SMILES string of the molecule is COC(=O)N/N=C/c1ccc(OCc2c(Cl)cccc2Cl)c(OC)c1. The number of amides is 1. The molecule has 0 saturated heterocycles. The maximum Gasteiger partial charge on any atom is 0.427 e. The van der Waals surface area contributed by atoms with Crippen LogP contribution in [0, 0.1) is 0 Å². The summed E-state index contributed by atoms with van der Waals surface area (Å²) in [5.74, 6) is 1.03. The Hall–Kier alpha value is -2.44. The van der Waals surface area contributed by atoms with Gasteiger partial charge >= 0.3 is 6.09 Å². The number of hydrazone groups is 1. The van der Waals surface area contributed by atoms with Crippen molar-refractivity contribution in [3.63, 3.8) is 0 Å². The van der Waals surface area contributed by atoms with Gasteiger partial charge < -0.3 is 14.2 Å². The zero-order chi connectivity index (χ0) is 18.2. The van der Waals surface area contributed by atoms with Crippen LogP contribution < -0.4 is 14.9 Å². The standard InChI is InChI=1S/C17H16Cl2N2O4/c1-23-16-8-11(9-20-21-17(22)24-2)6-7-15(16)25-10-12-13(18)4-3-5-14(12)19/h3-9H,10H2,1-2H3,(H,21,22)/b20-9+. The largest absolute Gasteiger partial charge is 0.493 e. The lowest BCUT2D eigenvalue weighted by Gasteiger charge is -2.13. The molecule has 0 atom stereocenters. The number of benzene rings is 2. The minimum Gasteiger partial charge on any atom is -0.493 e. The minimum absolute atomic E-state index is 0.201. The van der Waals surface area contributed by atoms with E-state index >= 15 is 0 Å². The fraction of sp³-hybridized carbons (Fsp3) is 0.176. The molecule has 6 nitrogen and oxygen atoms in total. The quantitative estimate of drug-likeness (QED) is 0.598. The summed E-state index contributed by atoms with van der Waals surface area (Å²) in [5, 5.41) is 4.82. The third-order valence-electron chi connectivity index (χ3n) is 3.18. The van der Waals surface area contributed by atoms with Crippen molar-refractivity contribution in [1.82, 2.24) is 5.43 Å². The Morgan fingerprint density at radius 2 is 1.88 bits per heavy atom. The molecule has 2 aromatic rings. The van der Waals surface area contributed by atoms with Crippen molar-refractivity contribution in [2.75, 3.05) is 14.2 Å². The van der Waals surface area contributed by atoms with Crippen LogP contribution in [0.25, 0.3) is 0 Å². The van der Waals surface area contributed by atoms with E-state index in [9.17, 15) is 4.79 Å². The summed E-state index contributed by atoms with van der Waals surface area (Å²) >= 11 is 12.3. The first-order valence-electron chi connectivity index (χ1n) is 7.16. The lowest BCUT2D eigenvalue weighted by molar-refractivity contribution is 0.171. The van der Waals surface area contributed by atoms with E-state index in [1.165, 1.54) is 20.4 Å². The van der Waals surface area contributed by atoms with Crippen molar-refractivity contribution >= 4 is 35.5 Å². The molecule has 132 valence electrons. The van der Waals surface area contributed by atoms with Crippen LogP contribution in [0.1, 0.15) is 11.1 Å². The summed E-state index contributed by atoms with van der Waals surface area (Å²) in [6, 6.07) is 10.5. The zero-order valence-corrected chi connectivity index (χ0v) is 15.1. The van der Waals surface area contributed by atoms with Crippen molar-refractivity contribution in [1.29, 1.82) is 0 Å². The van der Waals surface area contributed by atoms with Crippen molar-refractivity contribution in [3.8, 4) is 11.5 Å². The van der Waals surface area contributed by atoms with E-state index in [1.807, 2.05) is 0 Å². The van der Waals surface area contributed by atoms with E-state index in [4.69, 9.17) is 32.7 Å². The van der Waals surface area contributed by atoms with E-state index in [2.05, 4.69) is 15.3 Å². The van der Waals surface area contributed by atoms with Gasteiger partial charge in [-0.2, -0.15) is 5.10 Å². The molecule has 0 heterocycles. The predicted molar refractivity (Wildman–Crippen MR) is 96.9 cm³/mol. The maximum atomic E-state index is 10.9. The Labute approximate surface area is 155 Å². The molecule has 0 aliphatic carbocycles. The number of methoxy groups -OCH3 is 2. The molecule has 0 saturated carbocycles. The number of carbonyl (C=O) groups is 1. The molecule has 1 N–H and O–H groups in total. The van der Waals surface area contributed by atoms with E-state index in [1.54, 1.807) is 36.4 Å². The van der Waals surface area contributed by atoms with Crippen molar-refractivity contribution in [2.24, 2.45) is 5.10 Å². The smallest absolute Gasteiger partial charge is 0.427 e. The number of carbonyl (C=O) groups excluding carboxylic acids is 1. The summed E-state index contributed by atoms with van der Waals surface area (Å²) in [6.07, 6.45) is 0.800. The molecule has 2 aromatic carbocycles. The third-order valence-corrected chi connectivity index (χ3v) is 3.88. The highest BCUT2D eigenvalue weighted by molar-refractivity contribution is 6.35. The second kappa shape index (κ2) is 9.15. The number of nitrogens with zero attached hydrogens (tertiary/aromatic N) is 1. The van der Waals surface area contributed by atoms with Crippen LogP contribution in [0.3, 0.4) is 0 Å². The fourth-order valence-corrected chi connectivity index (χ4v) is 2.42. The summed E-state index contributed by atoms with van der Waals surface area (Å²) < 4.78 is 15.5. The molecular weight excluding hydrogens is 367 g/mol. The first kappa shape index (κ1) is 18.9. The van der Waals surface area contributed by atoms with Gasteiger partial charge in [-0.1, -0.05) is 29.3 Å². The molecule has 0 fully saturated rings. The van der Waals surface area contributed by atoms with Crippen LogP contribution in [-0.4, -0.2) is 26.5 Å². The van der Waals surface area contributed by atoms with Gasteiger partial charge in [-0.3, -0.25) is 0 Å². The number of rotatable bonds is 6. The van der Waals surface area contributed by atoms with Gasteiger partial charge in [-0.25, -0.2) is 10.2 Å². The van der Waals surface area contributed by atoms with Crippen LogP contribution in [0.5, 0.6) is 11.5 Å². The molecule has 1 amide bonds. The van der Waals surface area contributed by atoms with E-state index in [-0.39, 0.29) is 6.61 Å². The van der Waals surface area contributed by atoms with Crippen molar-refractivity contribution < 1.29 is 19.0 Å². The van der Waals surface area contributed by atoms with E-state index in [0.29, 0.717) is 32.7 Å². The Bertz CT molecular complexity index is 761. The Morgan fingerprint density at radius 3 is 2.52 bits per heavy atom. The fourth-order valence-electron chi connectivity index (χ4n) is 1.91. The monoisotopic (exact) mass is 382 g/mol. The average molecular weight is 383 g/mol. The van der Waals surface area contributed by atoms with Gasteiger partial charge in [0.25, 0.3) is 0 Å². The normalized spacial score (nSPS) is 10.6. The Kier molecular flexibility index (Phi) is 6.91. The topological polar surface area (TPSA) is 69.2 Å². The molecule has 0 unspecified atom stereocenters. The lowest BCUT2D eigenvalue weighted by Crippen LogP contribution is -2.16. The molecular formula is C17H16Cl2N2O4. The summed E-state index contributed by atoms with van der Waals surface area (Å²) in [6.45, 7) is 0.201. The van der Waals surface area contributed by atoms with Crippen LogP contribution in [0.2, 0.25) is 10.0 Å².